The Labute approximate surface area is 118 Å². The van der Waals surface area contributed by atoms with E-state index in [4.69, 9.17) is 5.26 Å². The van der Waals surface area contributed by atoms with Crippen molar-refractivity contribution in [1.82, 2.24) is 5.32 Å². The van der Waals surface area contributed by atoms with Gasteiger partial charge in [0.25, 0.3) is 5.91 Å². The molecule has 3 nitrogen and oxygen atoms in total. The van der Waals surface area contributed by atoms with Crippen LogP contribution in [-0.4, -0.2) is 12.5 Å². The third-order valence-corrected chi connectivity index (χ3v) is 3.69. The van der Waals surface area contributed by atoms with Crippen LogP contribution >= 0.6 is 11.3 Å². The van der Waals surface area contributed by atoms with E-state index < -0.39 is 11.6 Å². The van der Waals surface area contributed by atoms with Crippen molar-refractivity contribution >= 4 is 17.2 Å². The van der Waals surface area contributed by atoms with Gasteiger partial charge in [0.2, 0.25) is 0 Å². The number of nitrogens with one attached hydrogen (secondary N) is 1. The van der Waals surface area contributed by atoms with Gasteiger partial charge in [-0.2, -0.15) is 5.26 Å². The van der Waals surface area contributed by atoms with Crippen LogP contribution in [0.4, 0.5) is 8.78 Å². The quantitative estimate of drug-likeness (QED) is 0.879. The number of carbonyl (C=O) groups excluding carboxylic acids is 1. The number of hydrogen-bond donors (Lipinski definition) is 1. The first kappa shape index (κ1) is 14.2. The van der Waals surface area contributed by atoms with Crippen LogP contribution in [-0.2, 0) is 0 Å². The summed E-state index contributed by atoms with van der Waals surface area (Å²) in [7, 11) is 0. The van der Waals surface area contributed by atoms with Crippen molar-refractivity contribution in [2.75, 3.05) is 6.54 Å². The minimum absolute atomic E-state index is 0.243. The summed E-state index contributed by atoms with van der Waals surface area (Å²) >= 11 is 1.18. The summed E-state index contributed by atoms with van der Waals surface area (Å²) in [5, 5.41) is 11.0. The predicted octanol–water partition coefficient (Wildman–Crippen LogP) is 3.34. The van der Waals surface area contributed by atoms with Crippen LogP contribution in [0.25, 0.3) is 10.4 Å². The Morgan fingerprint density at radius 3 is 2.75 bits per heavy atom. The van der Waals surface area contributed by atoms with E-state index in [1.165, 1.54) is 17.4 Å². The molecule has 0 radical (unpaired) electrons. The highest BCUT2D eigenvalue weighted by Crippen LogP contribution is 2.29. The molecule has 0 aliphatic carbocycles. The molecular weight excluding hydrogens is 282 g/mol. The standard InChI is InChI=1S/C14H10F2N2OS/c15-10-3-2-9(8-11(10)16)12-4-5-13(20-12)14(19)18-7-1-6-17/h2-5,8H,1,7H2,(H,18,19). The lowest BCUT2D eigenvalue weighted by Gasteiger charge is -2.00. The van der Waals surface area contributed by atoms with E-state index in [-0.39, 0.29) is 18.9 Å². The number of nitrogens with zero attached hydrogens (tertiary/aromatic N) is 1. The van der Waals surface area contributed by atoms with Crippen LogP contribution in [0.1, 0.15) is 16.1 Å². The largest absolute Gasteiger partial charge is 0.350 e. The van der Waals surface area contributed by atoms with Crippen molar-refractivity contribution in [2.24, 2.45) is 0 Å². The second-order valence-corrected chi connectivity index (χ2v) is 5.04. The molecule has 1 aromatic carbocycles. The Balaban J connectivity index is 2.14. The molecule has 0 saturated heterocycles. The van der Waals surface area contributed by atoms with Gasteiger partial charge in [-0.3, -0.25) is 4.79 Å². The fourth-order valence-corrected chi connectivity index (χ4v) is 2.50. The van der Waals surface area contributed by atoms with E-state index >= 15 is 0 Å². The molecule has 0 aliphatic rings. The van der Waals surface area contributed by atoms with Crippen LogP contribution in [0.2, 0.25) is 0 Å². The van der Waals surface area contributed by atoms with Crippen LogP contribution in [0.15, 0.2) is 30.3 Å². The Morgan fingerprint density at radius 2 is 2.05 bits per heavy atom. The van der Waals surface area contributed by atoms with Crippen LogP contribution in [0.5, 0.6) is 0 Å². The average Bonchev–Trinajstić information content (AvgIpc) is 2.92. The maximum Gasteiger partial charge on any atom is 0.261 e. The van der Waals surface area contributed by atoms with Gasteiger partial charge in [0, 0.05) is 11.4 Å². The molecule has 0 spiro atoms. The SMILES string of the molecule is N#CCCNC(=O)c1ccc(-c2ccc(F)c(F)c2)s1. The topological polar surface area (TPSA) is 52.9 Å². The highest BCUT2D eigenvalue weighted by Gasteiger charge is 2.11. The molecule has 1 aromatic heterocycles. The molecule has 2 aromatic rings. The summed E-state index contributed by atoms with van der Waals surface area (Å²) in [6, 6.07) is 8.83. The lowest BCUT2D eigenvalue weighted by Crippen LogP contribution is -2.23. The highest BCUT2D eigenvalue weighted by atomic mass is 32.1. The number of rotatable bonds is 4. The Kier molecular flexibility index (Phi) is 4.43. The number of hydrogen-bond acceptors (Lipinski definition) is 3. The van der Waals surface area contributed by atoms with Crippen LogP contribution in [0.3, 0.4) is 0 Å². The maximum absolute atomic E-state index is 13.2. The summed E-state index contributed by atoms with van der Waals surface area (Å²) in [6.07, 6.45) is 0.243. The molecular formula is C14H10F2N2OS. The molecule has 102 valence electrons. The fourth-order valence-electron chi connectivity index (χ4n) is 1.58. The lowest BCUT2D eigenvalue weighted by atomic mass is 10.2. The molecule has 0 bridgehead atoms. The Hall–Kier alpha value is -2.26. The van der Waals surface area contributed by atoms with E-state index in [1.54, 1.807) is 12.1 Å². The molecule has 1 amide bonds. The summed E-state index contributed by atoms with van der Waals surface area (Å²) in [5.74, 6) is -2.10. The smallest absolute Gasteiger partial charge is 0.261 e. The number of halogens is 2. The molecule has 0 unspecified atom stereocenters. The van der Waals surface area contributed by atoms with Gasteiger partial charge < -0.3 is 5.32 Å². The predicted molar refractivity (Wildman–Crippen MR) is 72.2 cm³/mol. The van der Waals surface area contributed by atoms with Gasteiger partial charge in [-0.05, 0) is 29.8 Å². The normalized spacial score (nSPS) is 10.1. The van der Waals surface area contributed by atoms with Crippen molar-refractivity contribution in [2.45, 2.75) is 6.42 Å². The average molecular weight is 292 g/mol. The van der Waals surface area contributed by atoms with Gasteiger partial charge in [0.15, 0.2) is 11.6 Å². The zero-order valence-corrected chi connectivity index (χ0v) is 11.1. The first-order valence-electron chi connectivity index (χ1n) is 5.82. The molecule has 1 N–H and O–H groups in total. The first-order valence-corrected chi connectivity index (χ1v) is 6.64. The van der Waals surface area contributed by atoms with E-state index in [2.05, 4.69) is 5.32 Å². The molecule has 2 rings (SSSR count). The zero-order valence-electron chi connectivity index (χ0n) is 10.3. The van der Waals surface area contributed by atoms with Gasteiger partial charge in [0.1, 0.15) is 0 Å². The van der Waals surface area contributed by atoms with Gasteiger partial charge in [-0.1, -0.05) is 6.07 Å². The van der Waals surface area contributed by atoms with E-state index in [1.807, 2.05) is 6.07 Å². The monoisotopic (exact) mass is 292 g/mol. The molecule has 1 heterocycles. The molecule has 0 aliphatic heterocycles. The van der Waals surface area contributed by atoms with Crippen LogP contribution < -0.4 is 5.32 Å². The number of benzene rings is 1. The number of thiophene rings is 1. The molecule has 20 heavy (non-hydrogen) atoms. The number of amides is 1. The molecule has 0 saturated carbocycles. The maximum atomic E-state index is 13.2. The summed E-state index contributed by atoms with van der Waals surface area (Å²) in [5.41, 5.74) is 0.518. The number of nitriles is 1. The molecule has 6 heteroatoms. The van der Waals surface area contributed by atoms with Gasteiger partial charge in [-0.25, -0.2) is 8.78 Å². The van der Waals surface area contributed by atoms with Gasteiger partial charge in [-0.15, -0.1) is 11.3 Å². The van der Waals surface area contributed by atoms with Crippen molar-refractivity contribution < 1.29 is 13.6 Å². The van der Waals surface area contributed by atoms with Crippen molar-refractivity contribution in [3.05, 3.63) is 46.8 Å². The number of carbonyl (C=O) groups is 1. The Bertz CT molecular complexity index is 676. The van der Waals surface area contributed by atoms with E-state index in [9.17, 15) is 13.6 Å². The van der Waals surface area contributed by atoms with Crippen molar-refractivity contribution in [1.29, 1.82) is 5.26 Å². The molecule has 0 fully saturated rings. The van der Waals surface area contributed by atoms with E-state index in [0.29, 0.717) is 15.3 Å². The zero-order chi connectivity index (χ0) is 14.5. The third-order valence-electron chi connectivity index (χ3n) is 2.56. The second kappa shape index (κ2) is 6.26. The van der Waals surface area contributed by atoms with Crippen LogP contribution in [0, 0.1) is 23.0 Å². The minimum Gasteiger partial charge on any atom is -0.350 e. The van der Waals surface area contributed by atoms with E-state index in [0.717, 1.165) is 12.1 Å². The summed E-state index contributed by atoms with van der Waals surface area (Å²) < 4.78 is 26.0. The van der Waals surface area contributed by atoms with Gasteiger partial charge in [0.05, 0.1) is 17.4 Å². The Morgan fingerprint density at radius 1 is 1.25 bits per heavy atom. The highest BCUT2D eigenvalue weighted by molar-refractivity contribution is 7.17. The van der Waals surface area contributed by atoms with Crippen molar-refractivity contribution in [3.8, 4) is 16.5 Å². The lowest BCUT2D eigenvalue weighted by molar-refractivity contribution is 0.0958. The second-order valence-electron chi connectivity index (χ2n) is 3.96. The fraction of sp³-hybridized carbons (Fsp3) is 0.143. The van der Waals surface area contributed by atoms with Gasteiger partial charge >= 0.3 is 0 Å². The molecule has 0 atom stereocenters. The third kappa shape index (κ3) is 3.19. The summed E-state index contributed by atoms with van der Waals surface area (Å²) in [4.78, 5) is 12.9. The summed E-state index contributed by atoms with van der Waals surface area (Å²) in [6.45, 7) is 0.285. The van der Waals surface area contributed by atoms with Crippen molar-refractivity contribution in [3.63, 3.8) is 0 Å². The minimum atomic E-state index is -0.920. The first-order chi connectivity index (χ1) is 9.61.